The van der Waals surface area contributed by atoms with E-state index in [0.717, 1.165) is 253 Å². The van der Waals surface area contributed by atoms with Crippen LogP contribution in [0.4, 0.5) is 0 Å². The lowest BCUT2D eigenvalue weighted by Crippen LogP contribution is -2.06. The normalized spacial score (nSPS) is 14.0. The number of nitrogens with zero attached hydrogens (tertiary/aromatic N) is 4. The van der Waals surface area contributed by atoms with E-state index in [1.165, 1.54) is 231 Å². The van der Waals surface area contributed by atoms with Crippen LogP contribution < -0.4 is 33.2 Å². The number of rotatable bonds is 75. The highest BCUT2D eigenvalue weighted by Crippen LogP contribution is 2.43. The third-order valence-electron chi connectivity index (χ3n) is 24.8. The average Bonchev–Trinajstić information content (AvgIpc) is 1.61. The molecule has 0 fully saturated rings. The van der Waals surface area contributed by atoms with E-state index < -0.39 is 0 Å². The summed E-state index contributed by atoms with van der Waals surface area (Å²) in [6.07, 6.45) is 82.8. The Morgan fingerprint density at radius 3 is 0.627 bits per heavy atom. The van der Waals surface area contributed by atoms with Crippen molar-refractivity contribution >= 4 is 45.1 Å². The molecule has 0 saturated heterocycles. The molecule has 0 spiro atoms. The van der Waals surface area contributed by atoms with Gasteiger partial charge >= 0.3 is 0 Å². The molecule has 0 unspecified atom stereocenters. The molecule has 4 aromatic carbocycles. The summed E-state index contributed by atoms with van der Waals surface area (Å²) in [5, 5.41) is 0. The van der Waals surface area contributed by atoms with Gasteiger partial charge in [-0.3, -0.25) is 0 Å². The maximum atomic E-state index is 6.94. The van der Waals surface area contributed by atoms with Gasteiger partial charge in [-0.15, -0.1) is 6.58 Å². The quantitative estimate of drug-likeness (QED) is 0.0316. The Kier molecular flexibility index (Phi) is 51.3. The molecule has 0 aliphatic carbocycles. The van der Waals surface area contributed by atoms with Crippen LogP contribution in [-0.4, -0.2) is 82.3 Å². The smallest absolute Gasteiger partial charge is 0.123 e. The first-order valence-corrected chi connectivity index (χ1v) is 51.5. The van der Waals surface area contributed by atoms with E-state index >= 15 is 0 Å². The Morgan fingerprint density at radius 2 is 0.405 bits per heavy atom. The lowest BCUT2D eigenvalue weighted by Gasteiger charge is -2.17. The number of allylic oxidation sites excluding steroid dienone is 12. The standard InChI is InChI=1S/C114H166N4O8/c1-8-15-22-28-34-40-46-55-77-121-97-83-93(84-98(89-97)122-78-56-47-41-35-29-23-16-9-2)112-105-68-66-103(115-105)111(92-62-64-96(65-63-92)120-76-61-53-52-54-75-119-74-21-14-7)104-67-69-106(116-104)113(94-85-99(123-79-57-48-42-36-30-24-17-10-3)90-100(86-94)124-80-58-49-43-37-31-25-18-11-4)108-71-73-110(118-108)114(109-72-70-107(112)117-109)95-87-101(125-81-59-50-44-38-32-26-19-12-5)91-102(88-95)126-82-60-51-45-39-33-27-20-13-6/h14,62-73,83-91H,7-13,15-61,74-82H2,1-6H3. The number of ether oxygens (including phenoxy) is 8. The van der Waals surface area contributed by atoms with Gasteiger partial charge in [-0.2, -0.15) is 0 Å². The minimum atomic E-state index is 0.607. The highest BCUT2D eigenvalue weighted by atomic mass is 16.5. The van der Waals surface area contributed by atoms with E-state index in [1.54, 1.807) is 0 Å². The van der Waals surface area contributed by atoms with Gasteiger partial charge in [0.25, 0.3) is 0 Å². The Hall–Kier alpha value is -8.22. The molecule has 0 saturated carbocycles. The number of fused-ring (bicyclic) bond motifs is 4. The predicted molar refractivity (Wildman–Crippen MR) is 538 cm³/mol. The fourth-order valence-electron chi connectivity index (χ4n) is 17.3. The van der Waals surface area contributed by atoms with E-state index in [2.05, 4.69) is 176 Å². The summed E-state index contributed by atoms with van der Waals surface area (Å²) in [6.45, 7) is 23.4. The summed E-state index contributed by atoms with van der Waals surface area (Å²) in [6, 6.07) is 28.0. The van der Waals surface area contributed by atoms with Crippen molar-refractivity contribution in [1.82, 2.24) is 0 Å². The van der Waals surface area contributed by atoms with Crippen LogP contribution in [0, 0.1) is 0 Å². The van der Waals surface area contributed by atoms with Crippen LogP contribution in [0.15, 0.2) is 183 Å². The van der Waals surface area contributed by atoms with E-state index in [1.807, 2.05) is 6.08 Å². The van der Waals surface area contributed by atoms with Crippen molar-refractivity contribution < 1.29 is 37.9 Å². The molecule has 690 valence electrons. The van der Waals surface area contributed by atoms with Crippen LogP contribution >= 0.6 is 0 Å². The zero-order valence-electron chi connectivity index (χ0n) is 79.8. The maximum Gasteiger partial charge on any atom is 0.123 e. The molecule has 5 heterocycles. The number of unbranched alkanes of at least 4 members (excludes halogenated alkanes) is 45. The van der Waals surface area contributed by atoms with Crippen LogP contribution in [0.3, 0.4) is 0 Å². The van der Waals surface area contributed by atoms with Crippen molar-refractivity contribution in [2.75, 3.05) is 59.5 Å². The van der Waals surface area contributed by atoms with Crippen LogP contribution in [0.5, 0.6) is 40.2 Å². The molecule has 12 heteroatoms. The summed E-state index contributed by atoms with van der Waals surface area (Å²) < 4.78 is 53.8. The molecule has 0 amide bonds. The number of benzene rings is 4. The molecule has 5 aliphatic rings. The number of hydrogen-bond donors (Lipinski definition) is 0. The van der Waals surface area contributed by atoms with Crippen molar-refractivity contribution in [3.05, 3.63) is 185 Å². The van der Waals surface area contributed by atoms with Gasteiger partial charge in [0.05, 0.1) is 91.9 Å². The Bertz CT molecular complexity index is 3960. The largest absolute Gasteiger partial charge is 0.494 e. The summed E-state index contributed by atoms with van der Waals surface area (Å²) in [4.78, 5) is 23.5. The summed E-state index contributed by atoms with van der Waals surface area (Å²) in [7, 11) is 0. The molecule has 9 rings (SSSR count). The van der Waals surface area contributed by atoms with E-state index in [9.17, 15) is 0 Å². The van der Waals surface area contributed by atoms with Crippen LogP contribution in [0.1, 0.15) is 404 Å². The van der Waals surface area contributed by atoms with Crippen molar-refractivity contribution in [2.24, 2.45) is 20.0 Å². The minimum Gasteiger partial charge on any atom is -0.494 e. The monoisotopic (exact) mass is 1720 g/mol. The van der Waals surface area contributed by atoms with E-state index in [-0.39, 0.29) is 0 Å². The fraction of sp³-hybridized carbons (Fsp3) is 0.596. The molecule has 4 aromatic rings. The molecule has 0 N–H and O–H groups in total. The van der Waals surface area contributed by atoms with Crippen molar-refractivity contribution in [3.8, 4) is 40.2 Å². The van der Waals surface area contributed by atoms with Crippen LogP contribution in [0.2, 0.25) is 0 Å². The fourth-order valence-corrected chi connectivity index (χ4v) is 17.3. The van der Waals surface area contributed by atoms with Crippen molar-refractivity contribution in [1.29, 1.82) is 0 Å². The molecule has 12 nitrogen and oxygen atoms in total. The molecule has 0 atom stereocenters. The maximum absolute atomic E-state index is 6.94. The Morgan fingerprint density at radius 1 is 0.206 bits per heavy atom. The molecular formula is C114H166N4O8. The van der Waals surface area contributed by atoms with Gasteiger partial charge < -0.3 is 37.9 Å². The first-order valence-electron chi connectivity index (χ1n) is 51.5. The zero-order chi connectivity index (χ0) is 88.2. The third-order valence-corrected chi connectivity index (χ3v) is 24.8. The SMILES string of the molecule is C=CCCOCCCCCCOc1ccc(C2=C3C=CC(=N3)C(c3cc(OCCCCCCCCCC)cc(OCCCCCCCCCC)c3)=C3C=CC(=N3)C(c3cc(OCCCCCCCCCC)cc(OCCCCCCCCCC)c3)=C3C=CC(=N3)C(c3cc(OCCCCCCCCCC)cc(OCCCCCCCCCC)c3)=C3C=CC2=N3)cc1. The first kappa shape index (κ1) is 102. The minimum absolute atomic E-state index is 0.607. The summed E-state index contributed by atoms with van der Waals surface area (Å²) >= 11 is 0. The van der Waals surface area contributed by atoms with Crippen LogP contribution in [-0.2, 0) is 4.74 Å². The Labute approximate surface area is 765 Å². The average molecular weight is 1720 g/mol. The highest BCUT2D eigenvalue weighted by Gasteiger charge is 2.30. The second-order valence-corrected chi connectivity index (χ2v) is 35.9. The van der Waals surface area contributed by atoms with Gasteiger partial charge in [-0.1, -0.05) is 336 Å². The summed E-state index contributed by atoms with van der Waals surface area (Å²) in [5.74, 6) is 5.44. The second kappa shape index (κ2) is 63.7. The lowest BCUT2D eigenvalue weighted by molar-refractivity contribution is 0.134. The topological polar surface area (TPSA) is 123 Å². The molecule has 0 radical (unpaired) electrons. The van der Waals surface area contributed by atoms with E-state index in [4.69, 9.17) is 57.9 Å². The van der Waals surface area contributed by atoms with Gasteiger partial charge in [0.1, 0.15) is 40.2 Å². The van der Waals surface area contributed by atoms with Gasteiger partial charge in [-0.25, -0.2) is 20.0 Å². The number of aliphatic imine (C=N–C) groups is 4. The number of hydrogen-bond acceptors (Lipinski definition) is 12. The molecular weight excluding hydrogens is 1550 g/mol. The molecule has 5 aliphatic heterocycles. The molecule has 8 bridgehead atoms. The van der Waals surface area contributed by atoms with E-state index in [0.29, 0.717) is 46.2 Å². The van der Waals surface area contributed by atoms with Crippen LogP contribution in [0.25, 0.3) is 22.3 Å². The second-order valence-electron chi connectivity index (χ2n) is 35.9. The predicted octanol–water partition coefficient (Wildman–Crippen LogP) is 33.3. The Balaban J connectivity index is 1.21. The summed E-state index contributed by atoms with van der Waals surface area (Å²) in [5.41, 5.74) is 13.3. The van der Waals surface area contributed by atoms with Gasteiger partial charge in [0.15, 0.2) is 0 Å². The van der Waals surface area contributed by atoms with Gasteiger partial charge in [-0.05, 0) is 184 Å². The molecule has 126 heavy (non-hydrogen) atoms. The molecule has 0 aromatic heterocycles. The van der Waals surface area contributed by atoms with Crippen molar-refractivity contribution in [3.63, 3.8) is 0 Å². The van der Waals surface area contributed by atoms with Crippen molar-refractivity contribution in [2.45, 2.75) is 382 Å². The van der Waals surface area contributed by atoms with Gasteiger partial charge in [0, 0.05) is 53.7 Å². The third kappa shape index (κ3) is 38.2. The highest BCUT2D eigenvalue weighted by molar-refractivity contribution is 6.39. The zero-order valence-corrected chi connectivity index (χ0v) is 79.8. The lowest BCUT2D eigenvalue weighted by atomic mass is 9.97. The van der Waals surface area contributed by atoms with Gasteiger partial charge in [0.2, 0.25) is 0 Å². The first-order chi connectivity index (χ1) is 62.3.